The van der Waals surface area contributed by atoms with Crippen LogP contribution < -0.4 is 10.6 Å². The van der Waals surface area contributed by atoms with Crippen LogP contribution in [0.2, 0.25) is 0 Å². The maximum absolute atomic E-state index is 12.3. The molecule has 0 aliphatic rings. The first-order valence-electron chi connectivity index (χ1n) is 10.8. The van der Waals surface area contributed by atoms with Crippen LogP contribution in [0.4, 0.5) is 5.13 Å². The first-order chi connectivity index (χ1) is 15.7. The van der Waals surface area contributed by atoms with E-state index in [0.29, 0.717) is 5.13 Å². The SMILES string of the molecule is C=C\C=C/C(/C=C/C(=O)NC(Nc1nc(/C=C\C)c(/C=C\C)s1)C(Cl)(Cl)Cl)=C\C.CC.CC. The van der Waals surface area contributed by atoms with Gasteiger partial charge < -0.3 is 10.6 Å². The van der Waals surface area contributed by atoms with E-state index in [9.17, 15) is 4.79 Å². The molecule has 0 saturated carbocycles. The number of nitrogens with one attached hydrogen (secondary N) is 2. The third-order valence-corrected chi connectivity index (χ3v) is 5.01. The first kappa shape index (κ1) is 33.4. The topological polar surface area (TPSA) is 54.0 Å². The molecule has 2 N–H and O–H groups in total. The molecule has 1 aromatic rings. The van der Waals surface area contributed by atoms with Gasteiger partial charge in [0.05, 0.1) is 10.6 Å². The van der Waals surface area contributed by atoms with E-state index < -0.39 is 15.9 Å². The Morgan fingerprint density at radius 1 is 1.03 bits per heavy atom. The van der Waals surface area contributed by atoms with E-state index >= 15 is 0 Å². The van der Waals surface area contributed by atoms with Gasteiger partial charge in [0, 0.05) is 6.08 Å². The lowest BCUT2D eigenvalue weighted by atomic mass is 10.2. The zero-order valence-electron chi connectivity index (χ0n) is 20.5. The predicted octanol–water partition coefficient (Wildman–Crippen LogP) is 8.73. The van der Waals surface area contributed by atoms with Gasteiger partial charge in [0.15, 0.2) is 5.13 Å². The standard InChI is InChI=1S/C21H24Cl3N3OS.2C2H6/c1-5-9-12-15(8-4)13-14-18(28)26-19(21(22,23)24)27-20-25-16(10-6-2)17(29-20)11-7-3;2*1-2/h5-14,19H,1H2,2-4H3,(H,25,27)(H,26,28);2*1-2H3/b10-6-,11-7-,12-9-,14-13+,15-8+;;. The molecule has 0 aliphatic carbocycles. The minimum Gasteiger partial charge on any atom is -0.338 e. The lowest BCUT2D eigenvalue weighted by molar-refractivity contribution is -0.117. The number of alkyl halides is 3. The minimum absolute atomic E-state index is 0.418. The number of halogens is 3. The van der Waals surface area contributed by atoms with Gasteiger partial charge in [-0.1, -0.05) is 117 Å². The zero-order valence-corrected chi connectivity index (χ0v) is 23.5. The van der Waals surface area contributed by atoms with E-state index in [1.807, 2.05) is 84.9 Å². The summed E-state index contributed by atoms with van der Waals surface area (Å²) >= 11 is 19.6. The first-order valence-corrected chi connectivity index (χ1v) is 12.7. The van der Waals surface area contributed by atoms with Gasteiger partial charge in [-0.05, 0) is 44.6 Å². The molecule has 1 aromatic heterocycles. The van der Waals surface area contributed by atoms with Crippen LogP contribution in [-0.2, 0) is 4.79 Å². The fourth-order valence-electron chi connectivity index (χ4n) is 2.07. The molecule has 1 amide bonds. The highest BCUT2D eigenvalue weighted by atomic mass is 35.6. The third-order valence-electron chi connectivity index (χ3n) is 3.39. The van der Waals surface area contributed by atoms with Crippen molar-refractivity contribution in [2.75, 3.05) is 5.32 Å². The normalized spacial score (nSPS) is 13.0. The highest BCUT2D eigenvalue weighted by Crippen LogP contribution is 2.33. The van der Waals surface area contributed by atoms with Crippen molar-refractivity contribution >= 4 is 69.3 Å². The highest BCUT2D eigenvalue weighted by molar-refractivity contribution is 7.16. The summed E-state index contributed by atoms with van der Waals surface area (Å²) in [6, 6.07) is 0. The molecule has 184 valence electrons. The Bertz CT molecular complexity index is 818. The van der Waals surface area contributed by atoms with E-state index in [1.165, 1.54) is 17.4 Å². The molecule has 0 radical (unpaired) electrons. The Morgan fingerprint density at radius 2 is 1.64 bits per heavy atom. The zero-order chi connectivity index (χ0) is 25.9. The second kappa shape index (κ2) is 19.7. The second-order valence-electron chi connectivity index (χ2n) is 5.61. The average Bonchev–Trinajstić information content (AvgIpc) is 3.17. The van der Waals surface area contributed by atoms with Crippen molar-refractivity contribution in [2.45, 2.75) is 58.4 Å². The fourth-order valence-corrected chi connectivity index (χ4v) is 3.34. The maximum atomic E-state index is 12.3. The monoisotopic (exact) mass is 531 g/mol. The molecular formula is C25H36Cl3N3OS. The van der Waals surface area contributed by atoms with Crippen molar-refractivity contribution < 1.29 is 4.79 Å². The summed E-state index contributed by atoms with van der Waals surface area (Å²) in [4.78, 5) is 17.8. The summed E-state index contributed by atoms with van der Waals surface area (Å²) in [5.74, 6) is -0.418. The molecule has 0 aliphatic heterocycles. The van der Waals surface area contributed by atoms with Gasteiger partial charge in [0.25, 0.3) is 0 Å². The number of nitrogens with zero attached hydrogens (tertiary/aromatic N) is 1. The molecule has 1 unspecified atom stereocenters. The van der Waals surface area contributed by atoms with Gasteiger partial charge in [0.1, 0.15) is 6.17 Å². The summed E-state index contributed by atoms with van der Waals surface area (Å²) in [5, 5.41) is 6.18. The van der Waals surface area contributed by atoms with Gasteiger partial charge in [0.2, 0.25) is 9.70 Å². The Morgan fingerprint density at radius 3 is 2.12 bits per heavy atom. The summed E-state index contributed by atoms with van der Waals surface area (Å²) in [6.07, 6.45) is 16.8. The number of aromatic nitrogens is 1. The van der Waals surface area contributed by atoms with E-state index in [4.69, 9.17) is 34.8 Å². The number of carbonyl (C=O) groups is 1. The number of hydrogen-bond donors (Lipinski definition) is 2. The van der Waals surface area contributed by atoms with Crippen LogP contribution in [0.25, 0.3) is 12.2 Å². The molecule has 0 saturated heterocycles. The quantitative estimate of drug-likeness (QED) is 0.145. The molecule has 0 spiro atoms. The molecule has 4 nitrogen and oxygen atoms in total. The van der Waals surface area contributed by atoms with Crippen molar-refractivity contribution in [3.8, 4) is 0 Å². The summed E-state index contributed by atoms with van der Waals surface area (Å²) < 4.78 is -1.79. The molecule has 0 fully saturated rings. The van der Waals surface area contributed by atoms with Crippen LogP contribution in [0.1, 0.15) is 59.0 Å². The summed E-state index contributed by atoms with van der Waals surface area (Å²) in [5.41, 5.74) is 1.63. The lowest BCUT2D eigenvalue weighted by Crippen LogP contribution is -2.48. The van der Waals surface area contributed by atoms with Crippen LogP contribution in [0.15, 0.2) is 60.8 Å². The Kier molecular flexibility index (Phi) is 19.9. The number of allylic oxidation sites excluding steroid dienone is 8. The number of thiazole rings is 1. The van der Waals surface area contributed by atoms with E-state index in [2.05, 4.69) is 22.2 Å². The van der Waals surface area contributed by atoms with Gasteiger partial charge >= 0.3 is 0 Å². The third kappa shape index (κ3) is 14.2. The van der Waals surface area contributed by atoms with E-state index in [0.717, 1.165) is 16.1 Å². The molecule has 0 bridgehead atoms. The van der Waals surface area contributed by atoms with Crippen LogP contribution in [-0.4, -0.2) is 20.8 Å². The summed E-state index contributed by atoms with van der Waals surface area (Å²) in [7, 11) is 0. The van der Waals surface area contributed by atoms with Gasteiger partial charge in [-0.2, -0.15) is 0 Å². The lowest BCUT2D eigenvalue weighted by Gasteiger charge is -2.25. The molecule has 0 aromatic carbocycles. The number of hydrogen-bond acceptors (Lipinski definition) is 4. The highest BCUT2D eigenvalue weighted by Gasteiger charge is 2.34. The Labute approximate surface area is 218 Å². The van der Waals surface area contributed by atoms with Crippen molar-refractivity contribution in [3.63, 3.8) is 0 Å². The number of amides is 1. The van der Waals surface area contributed by atoms with Crippen molar-refractivity contribution in [3.05, 3.63) is 71.3 Å². The van der Waals surface area contributed by atoms with Gasteiger partial charge in [-0.25, -0.2) is 4.98 Å². The second-order valence-corrected chi connectivity index (χ2v) is 9.01. The Balaban J connectivity index is 0. The molecule has 8 heteroatoms. The van der Waals surface area contributed by atoms with Gasteiger partial charge in [-0.3, -0.25) is 4.79 Å². The summed E-state index contributed by atoms with van der Waals surface area (Å²) in [6.45, 7) is 17.3. The fraction of sp³-hybridized carbons (Fsp3) is 0.360. The number of rotatable bonds is 9. The van der Waals surface area contributed by atoms with E-state index in [1.54, 1.807) is 18.2 Å². The van der Waals surface area contributed by atoms with Gasteiger partial charge in [-0.15, -0.1) is 0 Å². The maximum Gasteiger partial charge on any atom is 0.245 e. The van der Waals surface area contributed by atoms with Crippen LogP contribution in [0, 0.1) is 0 Å². The molecular weight excluding hydrogens is 497 g/mol. The number of anilines is 1. The smallest absolute Gasteiger partial charge is 0.245 e. The van der Waals surface area contributed by atoms with Crippen LogP contribution in [0.5, 0.6) is 0 Å². The van der Waals surface area contributed by atoms with Crippen LogP contribution >= 0.6 is 46.1 Å². The number of carbonyl (C=O) groups excluding carboxylic acids is 1. The van der Waals surface area contributed by atoms with Crippen molar-refractivity contribution in [2.24, 2.45) is 0 Å². The van der Waals surface area contributed by atoms with Crippen molar-refractivity contribution in [1.29, 1.82) is 0 Å². The van der Waals surface area contributed by atoms with Crippen LogP contribution in [0.3, 0.4) is 0 Å². The predicted molar refractivity (Wildman–Crippen MR) is 152 cm³/mol. The Hall–Kier alpha value is -1.79. The minimum atomic E-state index is -1.79. The average molecular weight is 533 g/mol. The molecule has 1 heterocycles. The molecule has 33 heavy (non-hydrogen) atoms. The molecule has 1 rings (SSSR count). The van der Waals surface area contributed by atoms with Crippen molar-refractivity contribution in [1.82, 2.24) is 10.3 Å². The van der Waals surface area contributed by atoms with E-state index in [-0.39, 0.29) is 0 Å². The molecule has 1 atom stereocenters. The largest absolute Gasteiger partial charge is 0.338 e.